The summed E-state index contributed by atoms with van der Waals surface area (Å²) in [5.41, 5.74) is 2.24. The second kappa shape index (κ2) is 7.27. The van der Waals surface area contributed by atoms with E-state index in [0.717, 1.165) is 28.1 Å². The lowest BCUT2D eigenvalue weighted by Crippen LogP contribution is -2.08. The van der Waals surface area contributed by atoms with Crippen molar-refractivity contribution in [3.63, 3.8) is 0 Å². The maximum atomic E-state index is 3.61. The van der Waals surface area contributed by atoms with Crippen LogP contribution in [0.3, 0.4) is 0 Å². The summed E-state index contributed by atoms with van der Waals surface area (Å²) in [7, 11) is 0. The van der Waals surface area contributed by atoms with Gasteiger partial charge in [-0.15, -0.1) is 0 Å². The van der Waals surface area contributed by atoms with E-state index >= 15 is 0 Å². The predicted octanol–water partition coefficient (Wildman–Crippen LogP) is 7.67. The Morgan fingerprint density at radius 3 is 1.90 bits per heavy atom. The molecule has 106 valence electrons. The Kier molecular flexibility index (Phi) is 6.18. The van der Waals surface area contributed by atoms with Gasteiger partial charge in [-0.3, -0.25) is 0 Å². The zero-order chi connectivity index (χ0) is 14.9. The molecule has 0 saturated carbocycles. The molecule has 0 aliphatic carbocycles. The van der Waals surface area contributed by atoms with Crippen molar-refractivity contribution in [2.45, 2.75) is 13.0 Å². The van der Waals surface area contributed by atoms with E-state index in [2.05, 4.69) is 104 Å². The lowest BCUT2D eigenvalue weighted by Gasteiger charge is -2.20. The van der Waals surface area contributed by atoms with Crippen molar-refractivity contribution in [1.29, 1.82) is 0 Å². The minimum atomic E-state index is 0.172. The van der Waals surface area contributed by atoms with Crippen molar-refractivity contribution < 1.29 is 0 Å². The van der Waals surface area contributed by atoms with Crippen LogP contribution in [-0.2, 0) is 0 Å². The van der Waals surface area contributed by atoms with Crippen LogP contribution in [0, 0.1) is 0 Å². The Morgan fingerprint density at radius 2 is 1.35 bits per heavy atom. The summed E-state index contributed by atoms with van der Waals surface area (Å²) in [4.78, 5) is 0. The minimum absolute atomic E-state index is 0.172. The van der Waals surface area contributed by atoms with Crippen LogP contribution in [0.2, 0.25) is 0 Å². The summed E-state index contributed by atoms with van der Waals surface area (Å²) in [5.74, 6) is 0. The molecular weight excluding hydrogens is 582 g/mol. The molecule has 20 heavy (non-hydrogen) atoms. The average molecular weight is 592 g/mol. The SMILES string of the molecule is CC(Nc1c(Br)cc(Br)cc1Br)c1ccc(Br)cc1Br. The van der Waals surface area contributed by atoms with E-state index in [4.69, 9.17) is 0 Å². The van der Waals surface area contributed by atoms with Crippen LogP contribution in [0.1, 0.15) is 18.5 Å². The number of benzene rings is 2. The molecule has 2 rings (SSSR count). The van der Waals surface area contributed by atoms with E-state index in [1.807, 2.05) is 18.2 Å². The van der Waals surface area contributed by atoms with E-state index in [1.54, 1.807) is 0 Å². The van der Waals surface area contributed by atoms with Gasteiger partial charge in [-0.2, -0.15) is 0 Å². The number of nitrogens with one attached hydrogen (secondary N) is 1. The lowest BCUT2D eigenvalue weighted by atomic mass is 10.1. The molecule has 0 aliphatic rings. The van der Waals surface area contributed by atoms with E-state index in [0.29, 0.717) is 0 Å². The van der Waals surface area contributed by atoms with Crippen LogP contribution >= 0.6 is 79.6 Å². The molecule has 2 aromatic carbocycles. The Labute approximate surface area is 160 Å². The van der Waals surface area contributed by atoms with Crippen LogP contribution in [0.25, 0.3) is 0 Å². The van der Waals surface area contributed by atoms with Gasteiger partial charge in [0.15, 0.2) is 0 Å². The molecule has 0 saturated heterocycles. The number of halogens is 5. The Balaban J connectivity index is 2.30. The number of hydrogen-bond acceptors (Lipinski definition) is 1. The maximum absolute atomic E-state index is 3.61. The highest BCUT2D eigenvalue weighted by molar-refractivity contribution is 9.12. The maximum Gasteiger partial charge on any atom is 0.0634 e. The van der Waals surface area contributed by atoms with Crippen LogP contribution in [0.4, 0.5) is 5.69 Å². The van der Waals surface area contributed by atoms with E-state index in [1.165, 1.54) is 5.56 Å². The molecule has 0 aromatic heterocycles. The van der Waals surface area contributed by atoms with Crippen LogP contribution in [-0.4, -0.2) is 0 Å². The molecule has 0 heterocycles. The molecule has 0 bridgehead atoms. The van der Waals surface area contributed by atoms with Gasteiger partial charge >= 0.3 is 0 Å². The topological polar surface area (TPSA) is 12.0 Å². The first-order chi connectivity index (χ1) is 9.38. The van der Waals surface area contributed by atoms with Crippen LogP contribution in [0.5, 0.6) is 0 Å². The summed E-state index contributed by atoms with van der Waals surface area (Å²) in [5, 5.41) is 3.52. The molecule has 1 nitrogen and oxygen atoms in total. The Bertz CT molecular complexity index is 618. The van der Waals surface area contributed by atoms with Crippen molar-refractivity contribution in [2.24, 2.45) is 0 Å². The molecule has 6 heteroatoms. The van der Waals surface area contributed by atoms with E-state index in [-0.39, 0.29) is 6.04 Å². The molecule has 1 N–H and O–H groups in total. The fourth-order valence-corrected chi connectivity index (χ4v) is 5.71. The smallest absolute Gasteiger partial charge is 0.0634 e. The van der Waals surface area contributed by atoms with Gasteiger partial charge in [-0.25, -0.2) is 0 Å². The van der Waals surface area contributed by atoms with Crippen molar-refractivity contribution >= 4 is 85.3 Å². The van der Waals surface area contributed by atoms with Gasteiger partial charge in [0, 0.05) is 28.4 Å². The zero-order valence-corrected chi connectivity index (χ0v) is 18.3. The summed E-state index contributed by atoms with van der Waals surface area (Å²) in [6.45, 7) is 2.13. The summed E-state index contributed by atoms with van der Waals surface area (Å²) < 4.78 is 5.19. The first-order valence-corrected chi connectivity index (χ1v) is 9.71. The largest absolute Gasteiger partial charge is 0.377 e. The highest BCUT2D eigenvalue weighted by Crippen LogP contribution is 2.37. The van der Waals surface area contributed by atoms with Gasteiger partial charge in [-0.05, 0) is 68.6 Å². The monoisotopic (exact) mass is 587 g/mol. The van der Waals surface area contributed by atoms with Crippen LogP contribution in [0.15, 0.2) is 52.7 Å². The van der Waals surface area contributed by atoms with Crippen LogP contribution < -0.4 is 5.32 Å². The van der Waals surface area contributed by atoms with Gasteiger partial charge in [0.05, 0.1) is 5.69 Å². The second-order valence-electron chi connectivity index (χ2n) is 4.28. The number of anilines is 1. The summed E-state index contributed by atoms with van der Waals surface area (Å²) >= 11 is 17.7. The highest BCUT2D eigenvalue weighted by Gasteiger charge is 2.13. The molecule has 0 spiro atoms. The molecular formula is C14H10Br5N. The fourth-order valence-electron chi connectivity index (χ4n) is 1.83. The van der Waals surface area contributed by atoms with E-state index < -0.39 is 0 Å². The Hall–Kier alpha value is 0.640. The first kappa shape index (κ1) is 17.0. The van der Waals surface area contributed by atoms with Crippen molar-refractivity contribution in [2.75, 3.05) is 5.32 Å². The quantitative estimate of drug-likeness (QED) is 0.386. The number of rotatable bonds is 3. The first-order valence-electron chi connectivity index (χ1n) is 5.74. The molecule has 0 radical (unpaired) electrons. The predicted molar refractivity (Wildman–Crippen MR) is 103 cm³/mol. The normalized spacial score (nSPS) is 12.3. The molecule has 1 unspecified atom stereocenters. The molecule has 0 fully saturated rings. The minimum Gasteiger partial charge on any atom is -0.377 e. The van der Waals surface area contributed by atoms with E-state index in [9.17, 15) is 0 Å². The van der Waals surface area contributed by atoms with Gasteiger partial charge < -0.3 is 5.32 Å². The Morgan fingerprint density at radius 1 is 0.800 bits per heavy atom. The van der Waals surface area contributed by atoms with Crippen molar-refractivity contribution in [1.82, 2.24) is 0 Å². The third-order valence-electron chi connectivity index (χ3n) is 2.80. The van der Waals surface area contributed by atoms with Crippen molar-refractivity contribution in [3.05, 3.63) is 58.3 Å². The molecule has 2 aromatic rings. The van der Waals surface area contributed by atoms with Gasteiger partial charge in [-0.1, -0.05) is 53.9 Å². The van der Waals surface area contributed by atoms with Crippen molar-refractivity contribution in [3.8, 4) is 0 Å². The molecule has 0 aliphatic heterocycles. The van der Waals surface area contributed by atoms with Gasteiger partial charge in [0.1, 0.15) is 0 Å². The molecule has 0 amide bonds. The highest BCUT2D eigenvalue weighted by atomic mass is 79.9. The fraction of sp³-hybridized carbons (Fsp3) is 0.143. The van der Waals surface area contributed by atoms with Gasteiger partial charge in [0.2, 0.25) is 0 Å². The second-order valence-corrected chi connectivity index (χ2v) is 8.67. The standard InChI is InChI=1S/C14H10Br5N/c1-7(10-3-2-8(15)4-11(10)17)20-14-12(18)5-9(16)6-13(14)19/h2-7,20H,1H3. The summed E-state index contributed by atoms with van der Waals surface area (Å²) in [6, 6.07) is 10.4. The average Bonchev–Trinajstić information content (AvgIpc) is 2.33. The zero-order valence-electron chi connectivity index (χ0n) is 10.4. The van der Waals surface area contributed by atoms with Gasteiger partial charge in [0.25, 0.3) is 0 Å². The lowest BCUT2D eigenvalue weighted by molar-refractivity contribution is 0.876. The third kappa shape index (κ3) is 4.09. The third-order valence-corrected chi connectivity index (χ3v) is 5.69. The summed E-state index contributed by atoms with van der Waals surface area (Å²) in [6.07, 6.45) is 0. The number of hydrogen-bond donors (Lipinski definition) is 1. The molecule has 1 atom stereocenters.